The van der Waals surface area contributed by atoms with Gasteiger partial charge in [-0.3, -0.25) is 0 Å². The van der Waals surface area contributed by atoms with Crippen molar-refractivity contribution in [2.75, 3.05) is 5.73 Å². The number of hydrogen-bond donors (Lipinski definition) is 1. The zero-order valence-corrected chi connectivity index (χ0v) is 11.6. The zero-order chi connectivity index (χ0) is 13.9. The van der Waals surface area contributed by atoms with Crippen LogP contribution in [0.3, 0.4) is 0 Å². The first-order chi connectivity index (χ1) is 9.72. The van der Waals surface area contributed by atoms with Crippen LogP contribution in [0.2, 0.25) is 5.02 Å². The molecule has 7 nitrogen and oxygen atoms in total. The summed E-state index contributed by atoms with van der Waals surface area (Å²) in [5, 5.41) is 11.6. The third-order valence-electron chi connectivity index (χ3n) is 2.37. The maximum Gasteiger partial charge on any atom is 0.284 e. The molecule has 2 N–H and O–H groups in total. The van der Waals surface area contributed by atoms with E-state index >= 15 is 0 Å². The van der Waals surface area contributed by atoms with Crippen LogP contribution in [0, 0.1) is 0 Å². The van der Waals surface area contributed by atoms with Crippen molar-refractivity contribution in [2.45, 2.75) is 10.6 Å². The molecular weight excluding hydrogens is 302 g/mol. The number of hydrogen-bond acceptors (Lipinski definition) is 8. The number of nitrogen functional groups attached to an aromatic ring is 1. The van der Waals surface area contributed by atoms with E-state index in [-0.39, 0.29) is 17.4 Å². The average molecular weight is 310 g/mol. The zero-order valence-electron chi connectivity index (χ0n) is 9.99. The minimum Gasteiger partial charge on any atom is -0.379 e. The van der Waals surface area contributed by atoms with Gasteiger partial charge in [-0.1, -0.05) is 16.8 Å². The molecule has 0 aliphatic rings. The molecule has 102 valence electrons. The highest BCUT2D eigenvalue weighted by Gasteiger charge is 2.17. The van der Waals surface area contributed by atoms with Crippen LogP contribution in [0.4, 0.5) is 5.82 Å². The van der Waals surface area contributed by atoms with E-state index in [0.29, 0.717) is 16.6 Å². The molecule has 20 heavy (non-hydrogen) atoms. The topological polar surface area (TPSA) is 104 Å². The van der Waals surface area contributed by atoms with Gasteiger partial charge in [-0.2, -0.15) is 4.98 Å². The van der Waals surface area contributed by atoms with Crippen LogP contribution in [-0.4, -0.2) is 20.5 Å². The number of rotatable bonds is 4. The molecule has 1 aromatic carbocycles. The van der Waals surface area contributed by atoms with Crippen LogP contribution in [0.25, 0.3) is 11.6 Å². The van der Waals surface area contributed by atoms with Crippen molar-refractivity contribution in [1.29, 1.82) is 0 Å². The van der Waals surface area contributed by atoms with Crippen LogP contribution in [-0.2, 0) is 5.75 Å². The van der Waals surface area contributed by atoms with Gasteiger partial charge in [0.1, 0.15) is 0 Å². The van der Waals surface area contributed by atoms with Gasteiger partial charge in [0.2, 0.25) is 11.5 Å². The molecule has 3 aromatic rings. The molecule has 9 heteroatoms. The van der Waals surface area contributed by atoms with Crippen molar-refractivity contribution in [3.63, 3.8) is 0 Å². The fourth-order valence-electron chi connectivity index (χ4n) is 1.43. The van der Waals surface area contributed by atoms with Gasteiger partial charge in [0.05, 0.1) is 5.75 Å². The minimum absolute atomic E-state index is 0.116. The van der Waals surface area contributed by atoms with Gasteiger partial charge >= 0.3 is 0 Å². The summed E-state index contributed by atoms with van der Waals surface area (Å²) in [7, 11) is 0. The molecule has 0 amide bonds. The molecule has 0 unspecified atom stereocenters. The molecule has 2 heterocycles. The summed E-state index contributed by atoms with van der Waals surface area (Å²) in [6.45, 7) is 0. The molecule has 0 aliphatic carbocycles. The number of benzene rings is 1. The molecule has 3 rings (SSSR count). The lowest BCUT2D eigenvalue weighted by Gasteiger charge is -1.97. The van der Waals surface area contributed by atoms with Crippen molar-refractivity contribution >= 4 is 29.2 Å². The highest BCUT2D eigenvalue weighted by molar-refractivity contribution is 7.98. The SMILES string of the molecule is Nc1nonc1-c1nc(CSc2ccc(Cl)cc2)no1. The Morgan fingerprint density at radius 3 is 2.65 bits per heavy atom. The molecule has 0 atom stereocenters. The first-order valence-corrected chi connectivity index (χ1v) is 6.88. The number of halogens is 1. The Hall–Kier alpha value is -2.06. The summed E-state index contributed by atoms with van der Waals surface area (Å²) in [6, 6.07) is 7.50. The van der Waals surface area contributed by atoms with E-state index < -0.39 is 0 Å². The van der Waals surface area contributed by atoms with Crippen LogP contribution >= 0.6 is 23.4 Å². The van der Waals surface area contributed by atoms with Gasteiger partial charge < -0.3 is 10.3 Å². The summed E-state index contributed by atoms with van der Waals surface area (Å²) in [4.78, 5) is 5.24. The second-order valence-corrected chi connectivity index (χ2v) is 5.24. The van der Waals surface area contributed by atoms with E-state index in [9.17, 15) is 0 Å². The summed E-state index contributed by atoms with van der Waals surface area (Å²) in [5.74, 6) is 1.39. The predicted octanol–water partition coefficient (Wildman–Crippen LogP) is 2.65. The highest BCUT2D eigenvalue weighted by atomic mass is 35.5. The highest BCUT2D eigenvalue weighted by Crippen LogP contribution is 2.25. The number of anilines is 1. The monoisotopic (exact) mass is 309 g/mol. The first-order valence-electron chi connectivity index (χ1n) is 5.52. The molecule has 0 saturated heterocycles. The Bertz CT molecular complexity index is 712. The second kappa shape index (κ2) is 5.51. The molecule has 0 spiro atoms. The normalized spacial score (nSPS) is 10.8. The van der Waals surface area contributed by atoms with Crippen molar-refractivity contribution in [3.8, 4) is 11.6 Å². The van der Waals surface area contributed by atoms with E-state index in [1.807, 2.05) is 24.3 Å². The van der Waals surface area contributed by atoms with Crippen molar-refractivity contribution in [3.05, 3.63) is 35.1 Å². The summed E-state index contributed by atoms with van der Waals surface area (Å²) in [6.07, 6.45) is 0. The van der Waals surface area contributed by atoms with Gasteiger partial charge in [-0.05, 0) is 34.6 Å². The molecule has 0 bridgehead atoms. The molecule has 0 radical (unpaired) electrons. The standard InChI is InChI=1S/C11H8ClN5O2S/c12-6-1-3-7(4-2-6)20-5-8-14-11(18-15-8)9-10(13)17-19-16-9/h1-4H,5H2,(H2,13,17). The third-order valence-corrected chi connectivity index (χ3v) is 3.63. The maximum absolute atomic E-state index is 5.82. The summed E-state index contributed by atoms with van der Waals surface area (Å²) < 4.78 is 9.54. The van der Waals surface area contributed by atoms with Crippen molar-refractivity contribution < 1.29 is 9.15 Å². The van der Waals surface area contributed by atoms with Crippen LogP contribution in [0.5, 0.6) is 0 Å². The third kappa shape index (κ3) is 2.75. The Balaban J connectivity index is 1.69. The van der Waals surface area contributed by atoms with E-state index in [2.05, 4.69) is 25.1 Å². The van der Waals surface area contributed by atoms with Crippen LogP contribution < -0.4 is 5.73 Å². The van der Waals surface area contributed by atoms with E-state index in [0.717, 1.165) is 4.90 Å². The van der Waals surface area contributed by atoms with Crippen molar-refractivity contribution in [2.24, 2.45) is 0 Å². The van der Waals surface area contributed by atoms with E-state index in [1.165, 1.54) is 0 Å². The smallest absolute Gasteiger partial charge is 0.284 e. The quantitative estimate of drug-likeness (QED) is 0.733. The fraction of sp³-hybridized carbons (Fsp3) is 0.0909. The largest absolute Gasteiger partial charge is 0.379 e. The minimum atomic E-state index is 0.116. The number of nitrogens with two attached hydrogens (primary N) is 1. The molecule has 0 fully saturated rings. The number of aromatic nitrogens is 4. The lowest BCUT2D eigenvalue weighted by atomic mass is 10.4. The Morgan fingerprint density at radius 1 is 1.15 bits per heavy atom. The van der Waals surface area contributed by atoms with Gasteiger partial charge in [0, 0.05) is 9.92 Å². The molecule has 2 aromatic heterocycles. The fourth-order valence-corrected chi connectivity index (χ4v) is 2.30. The Labute approximate surface area is 122 Å². The number of nitrogens with zero attached hydrogens (tertiary/aromatic N) is 4. The van der Waals surface area contributed by atoms with E-state index in [1.54, 1.807) is 11.8 Å². The number of thioether (sulfide) groups is 1. The van der Waals surface area contributed by atoms with Gasteiger partial charge in [-0.15, -0.1) is 11.8 Å². The first kappa shape index (κ1) is 12.9. The summed E-state index contributed by atoms with van der Waals surface area (Å²) >= 11 is 7.38. The maximum atomic E-state index is 5.82. The average Bonchev–Trinajstić information content (AvgIpc) is 3.06. The molecule has 0 aliphatic heterocycles. The second-order valence-electron chi connectivity index (χ2n) is 3.76. The molecule has 0 saturated carbocycles. The molecular formula is C11H8ClN5O2S. The van der Waals surface area contributed by atoms with Crippen LogP contribution in [0.1, 0.15) is 5.82 Å². The van der Waals surface area contributed by atoms with Crippen molar-refractivity contribution in [1.82, 2.24) is 20.5 Å². The van der Waals surface area contributed by atoms with Gasteiger partial charge in [-0.25, -0.2) is 4.63 Å². The van der Waals surface area contributed by atoms with Gasteiger partial charge in [0.25, 0.3) is 5.89 Å². The lowest BCUT2D eigenvalue weighted by Crippen LogP contribution is -1.89. The Kier molecular flexibility index (Phi) is 3.57. The lowest BCUT2D eigenvalue weighted by molar-refractivity contribution is 0.308. The Morgan fingerprint density at radius 2 is 1.95 bits per heavy atom. The van der Waals surface area contributed by atoms with Gasteiger partial charge in [0.15, 0.2) is 5.82 Å². The van der Waals surface area contributed by atoms with Crippen LogP contribution in [0.15, 0.2) is 38.3 Å². The predicted molar refractivity (Wildman–Crippen MR) is 73.0 cm³/mol. The summed E-state index contributed by atoms with van der Waals surface area (Å²) in [5.41, 5.74) is 5.80. The van der Waals surface area contributed by atoms with E-state index in [4.69, 9.17) is 21.9 Å².